The number of rotatable bonds is 6. The lowest BCUT2D eigenvalue weighted by Crippen LogP contribution is -2.34. The molecular weight excluding hydrogens is 406 g/mol. The number of carboxylic acid groups (broad SMARTS) is 1. The van der Waals surface area contributed by atoms with E-state index < -0.39 is 0 Å². The first kappa shape index (κ1) is 21.4. The van der Waals surface area contributed by atoms with Gasteiger partial charge < -0.3 is 15.0 Å². The molecule has 0 aliphatic carbocycles. The van der Waals surface area contributed by atoms with Crippen molar-refractivity contribution < 1.29 is 19.5 Å². The quantitative estimate of drug-likeness (QED) is 0.578. The van der Waals surface area contributed by atoms with E-state index in [1.807, 2.05) is 25.3 Å². The molecule has 1 unspecified atom stereocenters. The maximum Gasteiger partial charge on any atom is 0.290 e. The summed E-state index contributed by atoms with van der Waals surface area (Å²) < 4.78 is 2.12. The van der Waals surface area contributed by atoms with Crippen LogP contribution in [0.3, 0.4) is 0 Å². The van der Waals surface area contributed by atoms with Gasteiger partial charge in [0.1, 0.15) is 5.01 Å². The summed E-state index contributed by atoms with van der Waals surface area (Å²) in [5, 5.41) is 20.7. The molecule has 2 N–H and O–H groups in total. The highest BCUT2D eigenvalue weighted by atomic mass is 32.1. The molecule has 1 saturated heterocycles. The molecule has 0 bridgehead atoms. The SMILES string of the molecule is CCc1nnc(N2CC(C(=O)NCCn3ccc4ccccc43)CC2=O)s1.O=CO. The summed E-state index contributed by atoms with van der Waals surface area (Å²) in [5.41, 5.74) is 1.15. The van der Waals surface area contributed by atoms with E-state index in [2.05, 4.69) is 38.3 Å². The molecule has 1 aromatic carbocycles. The highest BCUT2D eigenvalue weighted by molar-refractivity contribution is 7.15. The van der Waals surface area contributed by atoms with Gasteiger partial charge >= 0.3 is 0 Å². The second-order valence-corrected chi connectivity index (χ2v) is 7.74. The normalized spacial score (nSPS) is 15.7. The van der Waals surface area contributed by atoms with Crippen molar-refractivity contribution in [3.8, 4) is 0 Å². The molecule has 3 heterocycles. The van der Waals surface area contributed by atoms with Crippen molar-refractivity contribution in [2.24, 2.45) is 5.92 Å². The van der Waals surface area contributed by atoms with E-state index in [-0.39, 0.29) is 30.6 Å². The molecule has 0 spiro atoms. The number of para-hydroxylation sites is 1. The van der Waals surface area contributed by atoms with Gasteiger partial charge in [-0.05, 0) is 23.9 Å². The smallest absolute Gasteiger partial charge is 0.290 e. The first-order valence-electron chi connectivity index (χ1n) is 9.59. The Kier molecular flexibility index (Phi) is 7.12. The summed E-state index contributed by atoms with van der Waals surface area (Å²) in [6.07, 6.45) is 3.04. The molecule has 1 fully saturated rings. The summed E-state index contributed by atoms with van der Waals surface area (Å²) in [4.78, 5) is 34.7. The van der Waals surface area contributed by atoms with Gasteiger partial charge in [0.25, 0.3) is 6.47 Å². The van der Waals surface area contributed by atoms with Gasteiger partial charge in [-0.25, -0.2) is 0 Å². The van der Waals surface area contributed by atoms with Crippen molar-refractivity contribution in [3.05, 3.63) is 41.5 Å². The number of carbonyl (C=O) groups excluding carboxylic acids is 2. The number of hydrogen-bond donors (Lipinski definition) is 2. The van der Waals surface area contributed by atoms with Crippen molar-refractivity contribution in [3.63, 3.8) is 0 Å². The number of nitrogens with zero attached hydrogens (tertiary/aromatic N) is 4. The van der Waals surface area contributed by atoms with Crippen LogP contribution >= 0.6 is 11.3 Å². The molecule has 0 radical (unpaired) electrons. The fourth-order valence-electron chi connectivity index (χ4n) is 3.34. The van der Waals surface area contributed by atoms with E-state index in [1.165, 1.54) is 16.7 Å². The highest BCUT2D eigenvalue weighted by Crippen LogP contribution is 2.28. The zero-order chi connectivity index (χ0) is 21.5. The predicted octanol–water partition coefficient (Wildman–Crippen LogP) is 1.93. The van der Waals surface area contributed by atoms with E-state index in [4.69, 9.17) is 9.90 Å². The van der Waals surface area contributed by atoms with E-state index in [0.717, 1.165) is 16.9 Å². The molecule has 10 heteroatoms. The zero-order valence-electron chi connectivity index (χ0n) is 16.5. The van der Waals surface area contributed by atoms with Gasteiger partial charge in [0.2, 0.25) is 16.9 Å². The van der Waals surface area contributed by atoms with Gasteiger partial charge in [-0.2, -0.15) is 0 Å². The van der Waals surface area contributed by atoms with Crippen molar-refractivity contribution in [2.75, 3.05) is 18.0 Å². The average molecular weight is 430 g/mol. The molecule has 4 rings (SSSR count). The molecule has 1 aliphatic rings. The van der Waals surface area contributed by atoms with Gasteiger partial charge in [0.05, 0.1) is 5.92 Å². The molecule has 158 valence electrons. The minimum Gasteiger partial charge on any atom is -0.483 e. The van der Waals surface area contributed by atoms with Crippen LogP contribution in [0.4, 0.5) is 5.13 Å². The Bertz CT molecular complexity index is 1030. The summed E-state index contributed by atoms with van der Waals surface area (Å²) >= 11 is 1.41. The topological polar surface area (TPSA) is 117 Å². The van der Waals surface area contributed by atoms with E-state index in [1.54, 1.807) is 4.90 Å². The molecule has 2 amide bonds. The van der Waals surface area contributed by atoms with E-state index in [0.29, 0.717) is 24.8 Å². The lowest BCUT2D eigenvalue weighted by Gasteiger charge is -2.13. The Labute approximate surface area is 177 Å². The zero-order valence-corrected chi connectivity index (χ0v) is 17.3. The standard InChI is InChI=1S/C19H21N5O2S.CH2O2/c1-2-16-21-22-19(27-16)24-12-14(11-17(24)25)18(26)20-8-10-23-9-7-13-5-3-4-6-15(13)23;2-1-3/h3-7,9,14H,2,8,10-12H2,1H3,(H,20,26);1H,(H,2,3). The Hall–Kier alpha value is -3.27. The fourth-order valence-corrected chi connectivity index (χ4v) is 4.15. The summed E-state index contributed by atoms with van der Waals surface area (Å²) in [5.74, 6) is -0.485. The Balaban J connectivity index is 0.000000806. The Morgan fingerprint density at radius 2 is 2.10 bits per heavy atom. The number of hydrogen-bond acceptors (Lipinski definition) is 6. The van der Waals surface area contributed by atoms with Crippen LogP contribution < -0.4 is 10.2 Å². The Morgan fingerprint density at radius 3 is 2.83 bits per heavy atom. The molecule has 3 aromatic rings. The van der Waals surface area contributed by atoms with Crippen molar-refractivity contribution in [1.29, 1.82) is 0 Å². The van der Waals surface area contributed by atoms with E-state index >= 15 is 0 Å². The first-order chi connectivity index (χ1) is 14.6. The summed E-state index contributed by atoms with van der Waals surface area (Å²) in [6, 6.07) is 10.2. The molecule has 0 saturated carbocycles. The fraction of sp³-hybridized carbons (Fsp3) is 0.350. The number of nitrogens with one attached hydrogen (secondary N) is 1. The largest absolute Gasteiger partial charge is 0.483 e. The molecule has 2 aromatic heterocycles. The van der Waals surface area contributed by atoms with Crippen LogP contribution in [-0.2, 0) is 27.3 Å². The third-order valence-corrected chi connectivity index (χ3v) is 5.91. The first-order valence-corrected chi connectivity index (χ1v) is 10.4. The van der Waals surface area contributed by atoms with Crippen molar-refractivity contribution in [1.82, 2.24) is 20.1 Å². The van der Waals surface area contributed by atoms with Crippen LogP contribution in [0, 0.1) is 5.92 Å². The number of anilines is 1. The van der Waals surface area contributed by atoms with Gasteiger partial charge in [-0.1, -0.05) is 36.5 Å². The number of fused-ring (bicyclic) bond motifs is 1. The molecule has 1 aliphatic heterocycles. The average Bonchev–Trinajstić information content (AvgIpc) is 3.47. The monoisotopic (exact) mass is 429 g/mol. The third kappa shape index (κ3) is 4.82. The van der Waals surface area contributed by atoms with Crippen LogP contribution in [0.2, 0.25) is 0 Å². The van der Waals surface area contributed by atoms with Crippen LogP contribution in [0.15, 0.2) is 36.5 Å². The van der Waals surface area contributed by atoms with Gasteiger partial charge in [0, 0.05) is 37.8 Å². The van der Waals surface area contributed by atoms with Crippen molar-refractivity contribution in [2.45, 2.75) is 26.3 Å². The molecule has 9 nitrogen and oxygen atoms in total. The van der Waals surface area contributed by atoms with Crippen LogP contribution in [0.1, 0.15) is 18.4 Å². The van der Waals surface area contributed by atoms with E-state index in [9.17, 15) is 9.59 Å². The number of aromatic nitrogens is 3. The lowest BCUT2D eigenvalue weighted by molar-refractivity contribution is -0.126. The minimum absolute atomic E-state index is 0.0645. The third-order valence-electron chi connectivity index (χ3n) is 4.82. The lowest BCUT2D eigenvalue weighted by atomic mass is 10.1. The molecular formula is C20H23N5O4S. The van der Waals surface area contributed by atoms with Gasteiger partial charge in [-0.3, -0.25) is 19.3 Å². The van der Waals surface area contributed by atoms with Crippen LogP contribution in [0.25, 0.3) is 10.9 Å². The second-order valence-electron chi connectivity index (χ2n) is 6.70. The number of amides is 2. The maximum atomic E-state index is 12.5. The Morgan fingerprint density at radius 1 is 1.33 bits per heavy atom. The summed E-state index contributed by atoms with van der Waals surface area (Å²) in [7, 11) is 0. The van der Waals surface area contributed by atoms with Crippen molar-refractivity contribution >= 4 is 45.7 Å². The summed E-state index contributed by atoms with van der Waals surface area (Å²) in [6.45, 7) is 3.34. The minimum atomic E-state index is -0.340. The number of aryl methyl sites for hydroxylation is 1. The molecule has 1 atom stereocenters. The highest BCUT2D eigenvalue weighted by Gasteiger charge is 2.36. The van der Waals surface area contributed by atoms with Crippen LogP contribution in [-0.4, -0.2) is 51.2 Å². The number of benzene rings is 1. The number of carbonyl (C=O) groups is 3. The molecule has 30 heavy (non-hydrogen) atoms. The van der Waals surface area contributed by atoms with Gasteiger partial charge in [0.15, 0.2) is 0 Å². The maximum absolute atomic E-state index is 12.5. The van der Waals surface area contributed by atoms with Crippen LogP contribution in [0.5, 0.6) is 0 Å². The van der Waals surface area contributed by atoms with Gasteiger partial charge in [-0.15, -0.1) is 10.2 Å². The predicted molar refractivity (Wildman–Crippen MR) is 113 cm³/mol. The second kappa shape index (κ2) is 9.97.